The molecule has 0 spiro atoms. The number of nitrogens with zero attached hydrogens (tertiary/aromatic N) is 4. The van der Waals surface area contributed by atoms with Gasteiger partial charge in [-0.05, 0) is 43.5 Å². The minimum Gasteiger partial charge on any atom is -0.396 e. The lowest BCUT2D eigenvalue weighted by molar-refractivity contribution is 0.0930. The number of fused-ring (bicyclic) bond motifs is 4. The quantitative estimate of drug-likeness (QED) is 0.693. The molecule has 1 aliphatic carbocycles. The first-order chi connectivity index (χ1) is 14.6. The topological polar surface area (TPSA) is 111 Å². The van der Waals surface area contributed by atoms with Crippen LogP contribution < -0.4 is 20.4 Å². The van der Waals surface area contributed by atoms with E-state index in [9.17, 15) is 14.7 Å². The lowest BCUT2D eigenvalue weighted by atomic mass is 10.1. The molecule has 2 bridgehead atoms. The van der Waals surface area contributed by atoms with Gasteiger partial charge in [0.2, 0.25) is 0 Å². The number of carbonyl (C=O) groups excluding carboxylic acids is 2. The third kappa shape index (κ3) is 3.35. The number of hydrogen-bond acceptors (Lipinski definition) is 6. The van der Waals surface area contributed by atoms with Crippen LogP contribution in [0.4, 0.5) is 22.1 Å². The molecule has 2 fully saturated rings. The van der Waals surface area contributed by atoms with Gasteiger partial charge in [-0.1, -0.05) is 6.07 Å². The highest BCUT2D eigenvalue weighted by atomic mass is 16.3. The summed E-state index contributed by atoms with van der Waals surface area (Å²) in [4.78, 5) is 38.3. The molecule has 2 aromatic heterocycles. The van der Waals surface area contributed by atoms with Crippen molar-refractivity contribution in [2.45, 2.75) is 25.3 Å². The Hall–Kier alpha value is -3.20. The summed E-state index contributed by atoms with van der Waals surface area (Å²) in [5.74, 6) is 0.667. The van der Waals surface area contributed by atoms with E-state index < -0.39 is 0 Å². The van der Waals surface area contributed by atoms with Gasteiger partial charge in [-0.2, -0.15) is 0 Å². The molecule has 9 nitrogen and oxygen atoms in total. The van der Waals surface area contributed by atoms with E-state index in [1.54, 1.807) is 29.3 Å². The predicted octanol–water partition coefficient (Wildman–Crippen LogP) is 1.61. The van der Waals surface area contributed by atoms with E-state index in [0.717, 1.165) is 38.0 Å². The molecule has 1 saturated carbocycles. The molecule has 30 heavy (non-hydrogen) atoms. The van der Waals surface area contributed by atoms with E-state index >= 15 is 0 Å². The van der Waals surface area contributed by atoms with Crippen LogP contribution >= 0.6 is 0 Å². The molecule has 1 saturated heterocycles. The van der Waals surface area contributed by atoms with Crippen LogP contribution in [0.15, 0.2) is 36.5 Å². The molecule has 2 aliphatic heterocycles. The number of hydrogen-bond donors (Lipinski definition) is 3. The number of anilines is 3. The van der Waals surface area contributed by atoms with E-state index in [4.69, 9.17) is 0 Å². The van der Waals surface area contributed by atoms with Gasteiger partial charge in [-0.3, -0.25) is 15.0 Å². The van der Waals surface area contributed by atoms with Crippen LogP contribution in [0.25, 0.3) is 0 Å². The zero-order chi connectivity index (χ0) is 20.7. The molecule has 2 aromatic rings. The highest BCUT2D eigenvalue weighted by molar-refractivity contribution is 6.05. The Morgan fingerprint density at radius 2 is 2.10 bits per heavy atom. The number of aliphatic hydroxyl groups is 1. The van der Waals surface area contributed by atoms with Crippen molar-refractivity contribution < 1.29 is 14.7 Å². The summed E-state index contributed by atoms with van der Waals surface area (Å²) in [6, 6.07) is 8.58. The van der Waals surface area contributed by atoms with Crippen molar-refractivity contribution in [1.82, 2.24) is 15.3 Å². The maximum atomic E-state index is 13.1. The van der Waals surface area contributed by atoms with E-state index in [1.807, 2.05) is 12.1 Å². The minimum atomic E-state index is -0.302. The molecule has 5 rings (SSSR count). The van der Waals surface area contributed by atoms with Crippen molar-refractivity contribution in [2.24, 2.45) is 5.41 Å². The largest absolute Gasteiger partial charge is 0.396 e. The highest BCUT2D eigenvalue weighted by Crippen LogP contribution is 2.44. The van der Waals surface area contributed by atoms with Gasteiger partial charge in [0.15, 0.2) is 5.82 Å². The maximum absolute atomic E-state index is 13.1. The summed E-state index contributed by atoms with van der Waals surface area (Å²) >= 11 is 0. The van der Waals surface area contributed by atoms with Gasteiger partial charge in [-0.25, -0.2) is 14.8 Å². The van der Waals surface area contributed by atoms with Gasteiger partial charge in [0.1, 0.15) is 11.5 Å². The van der Waals surface area contributed by atoms with E-state index in [-0.39, 0.29) is 35.7 Å². The van der Waals surface area contributed by atoms with Crippen LogP contribution in [-0.4, -0.2) is 59.3 Å². The lowest BCUT2D eigenvalue weighted by Crippen LogP contribution is -2.48. The van der Waals surface area contributed by atoms with Crippen molar-refractivity contribution in [3.63, 3.8) is 0 Å². The van der Waals surface area contributed by atoms with E-state index in [0.29, 0.717) is 18.2 Å². The maximum Gasteiger partial charge on any atom is 0.329 e. The number of carbonyl (C=O) groups is 2. The van der Waals surface area contributed by atoms with Gasteiger partial charge >= 0.3 is 6.03 Å². The fourth-order valence-electron chi connectivity index (χ4n) is 4.13. The molecule has 3 amide bonds. The van der Waals surface area contributed by atoms with Crippen LogP contribution in [0.1, 0.15) is 29.8 Å². The summed E-state index contributed by atoms with van der Waals surface area (Å²) in [5.41, 5.74) is 0.939. The Morgan fingerprint density at radius 3 is 2.83 bits per heavy atom. The van der Waals surface area contributed by atoms with Crippen molar-refractivity contribution in [3.05, 3.63) is 42.2 Å². The molecule has 1 atom stereocenters. The zero-order valence-corrected chi connectivity index (χ0v) is 16.5. The predicted molar refractivity (Wildman–Crippen MR) is 112 cm³/mol. The van der Waals surface area contributed by atoms with Crippen molar-refractivity contribution >= 4 is 29.3 Å². The molecule has 9 heteroatoms. The SMILES string of the molecule is O=C(NCC1(CO)CC1)c1ccc2c(n1)N(C(=O)Nc1ccccn1)[C@H]1CCN2C1. The number of aromatic nitrogens is 2. The molecule has 0 radical (unpaired) electrons. The van der Waals surface area contributed by atoms with Gasteiger partial charge in [-0.15, -0.1) is 0 Å². The van der Waals surface area contributed by atoms with Crippen molar-refractivity contribution in [1.29, 1.82) is 0 Å². The van der Waals surface area contributed by atoms with Crippen LogP contribution in [-0.2, 0) is 0 Å². The molecular weight excluding hydrogens is 384 g/mol. The van der Waals surface area contributed by atoms with Crippen molar-refractivity contribution in [3.8, 4) is 0 Å². The number of rotatable bonds is 5. The molecule has 4 heterocycles. The third-order valence-electron chi connectivity index (χ3n) is 6.22. The fourth-order valence-corrected chi connectivity index (χ4v) is 4.13. The smallest absolute Gasteiger partial charge is 0.329 e. The standard InChI is InChI=1S/C21H24N6O3/c28-13-21(7-8-21)12-23-19(29)15-4-5-16-18(24-15)27(14-6-10-26(16)11-14)20(30)25-17-3-1-2-9-22-17/h1-5,9,14,28H,6-8,10-13H2,(H,23,29)(H,22,25,30)/t14-/m0/s1. The molecule has 0 aromatic carbocycles. The third-order valence-corrected chi connectivity index (χ3v) is 6.22. The summed E-state index contributed by atoms with van der Waals surface area (Å²) in [7, 11) is 0. The van der Waals surface area contributed by atoms with E-state index in [1.165, 1.54) is 0 Å². The average Bonchev–Trinajstić information content (AvgIpc) is 3.45. The normalized spacial score (nSPS) is 20.5. The summed E-state index contributed by atoms with van der Waals surface area (Å²) in [5, 5.41) is 15.2. The number of amides is 3. The van der Waals surface area contributed by atoms with E-state index in [2.05, 4.69) is 25.5 Å². The Balaban J connectivity index is 1.40. The number of urea groups is 1. The number of pyridine rings is 2. The molecule has 156 valence electrons. The first-order valence-corrected chi connectivity index (χ1v) is 10.2. The average molecular weight is 408 g/mol. The van der Waals surface area contributed by atoms with Gasteiger partial charge in [0, 0.05) is 31.2 Å². The second-order valence-corrected chi connectivity index (χ2v) is 8.28. The van der Waals surface area contributed by atoms with Crippen LogP contribution in [0.3, 0.4) is 0 Å². The lowest BCUT2D eigenvalue weighted by Gasteiger charge is -2.35. The first kappa shape index (κ1) is 18.8. The number of nitrogens with one attached hydrogen (secondary N) is 2. The first-order valence-electron chi connectivity index (χ1n) is 10.2. The highest BCUT2D eigenvalue weighted by Gasteiger charge is 2.43. The second-order valence-electron chi connectivity index (χ2n) is 8.28. The summed E-state index contributed by atoms with van der Waals surface area (Å²) < 4.78 is 0. The molecule has 3 N–H and O–H groups in total. The summed E-state index contributed by atoms with van der Waals surface area (Å²) in [6.45, 7) is 2.09. The number of aliphatic hydroxyl groups excluding tert-OH is 1. The Morgan fingerprint density at radius 1 is 1.23 bits per heavy atom. The molecule has 3 aliphatic rings. The van der Waals surface area contributed by atoms with Gasteiger partial charge in [0.05, 0.1) is 18.3 Å². The van der Waals surface area contributed by atoms with Crippen molar-refractivity contribution in [2.75, 3.05) is 41.4 Å². The molecular formula is C21H24N6O3. The Bertz CT molecular complexity index is 978. The Labute approximate surface area is 174 Å². The van der Waals surface area contributed by atoms with Crippen LogP contribution in [0.2, 0.25) is 0 Å². The monoisotopic (exact) mass is 408 g/mol. The van der Waals surface area contributed by atoms with Crippen LogP contribution in [0.5, 0.6) is 0 Å². The van der Waals surface area contributed by atoms with Gasteiger partial charge < -0.3 is 15.3 Å². The van der Waals surface area contributed by atoms with Crippen LogP contribution in [0, 0.1) is 5.41 Å². The second kappa shape index (κ2) is 7.24. The minimum absolute atomic E-state index is 0.00357. The fraction of sp³-hybridized carbons (Fsp3) is 0.429. The molecule has 0 unspecified atom stereocenters. The van der Waals surface area contributed by atoms with Gasteiger partial charge in [0.25, 0.3) is 5.91 Å². The Kier molecular flexibility index (Phi) is 4.54. The summed E-state index contributed by atoms with van der Waals surface area (Å²) in [6.07, 6.45) is 4.29. The zero-order valence-electron chi connectivity index (χ0n) is 16.5.